The minimum Gasteiger partial charge on any atom is -0.462 e. The molecule has 0 radical (unpaired) electrons. The van der Waals surface area contributed by atoms with Gasteiger partial charge in [-0.05, 0) is 92.7 Å². The zero-order valence-electron chi connectivity index (χ0n) is 19.0. The molecule has 0 amide bonds. The van der Waals surface area contributed by atoms with Crippen molar-refractivity contribution in [1.82, 2.24) is 0 Å². The van der Waals surface area contributed by atoms with Crippen molar-refractivity contribution in [3.8, 4) is 5.75 Å². The van der Waals surface area contributed by atoms with E-state index in [9.17, 15) is 8.78 Å². The van der Waals surface area contributed by atoms with Crippen molar-refractivity contribution in [2.45, 2.75) is 103 Å². The van der Waals surface area contributed by atoms with Gasteiger partial charge in [0, 0.05) is 0 Å². The first-order valence-corrected chi connectivity index (χ1v) is 12.4. The largest absolute Gasteiger partial charge is 0.462 e. The molecule has 3 rings (SSSR count). The Kier molecular flexibility index (Phi) is 9.21. The lowest BCUT2D eigenvalue weighted by Crippen LogP contribution is -2.25. The van der Waals surface area contributed by atoms with Crippen LogP contribution in [-0.4, -0.2) is 0 Å². The van der Waals surface area contributed by atoms with Gasteiger partial charge < -0.3 is 4.74 Å². The van der Waals surface area contributed by atoms with Gasteiger partial charge in [-0.3, -0.25) is 0 Å². The number of ether oxygens (including phenoxy) is 1. The molecule has 0 bridgehead atoms. The average molecular weight is 419 g/mol. The molecule has 2 aliphatic rings. The standard InChI is InChI=1S/C27H40F2O/c1-3-5-6-7-19-30-25-18-17-24(26(28)27(25)29)23-15-13-22(14-16-23)21-11-9-20(8-4-2)10-12-21/h7,17-23H,3-6,8-16H2,1-2H3/b19-7+. The highest BCUT2D eigenvalue weighted by atomic mass is 19.2. The first kappa shape index (κ1) is 23.3. The summed E-state index contributed by atoms with van der Waals surface area (Å²) < 4.78 is 34.6. The fourth-order valence-corrected chi connectivity index (χ4v) is 5.72. The number of hydrogen-bond donors (Lipinski definition) is 0. The summed E-state index contributed by atoms with van der Waals surface area (Å²) in [6.07, 6.45) is 18.9. The summed E-state index contributed by atoms with van der Waals surface area (Å²) in [7, 11) is 0. The predicted octanol–water partition coefficient (Wildman–Crippen LogP) is 8.93. The third kappa shape index (κ3) is 6.08. The maximum absolute atomic E-state index is 14.8. The second-order valence-electron chi connectivity index (χ2n) is 9.59. The molecule has 1 aromatic carbocycles. The molecule has 2 aliphatic carbocycles. The third-order valence-electron chi connectivity index (χ3n) is 7.56. The monoisotopic (exact) mass is 418 g/mol. The zero-order chi connectivity index (χ0) is 21.3. The van der Waals surface area contributed by atoms with E-state index in [1.807, 2.05) is 6.08 Å². The van der Waals surface area contributed by atoms with E-state index in [0.717, 1.165) is 62.7 Å². The van der Waals surface area contributed by atoms with E-state index in [-0.39, 0.29) is 11.7 Å². The Morgan fingerprint density at radius 2 is 1.53 bits per heavy atom. The summed E-state index contributed by atoms with van der Waals surface area (Å²) in [6, 6.07) is 3.34. The minimum atomic E-state index is -0.844. The van der Waals surface area contributed by atoms with Crippen LogP contribution in [0.1, 0.15) is 109 Å². The summed E-state index contributed by atoms with van der Waals surface area (Å²) in [5.74, 6) is 1.16. The first-order valence-electron chi connectivity index (χ1n) is 12.4. The van der Waals surface area contributed by atoms with E-state index < -0.39 is 11.6 Å². The summed E-state index contributed by atoms with van der Waals surface area (Å²) >= 11 is 0. The van der Waals surface area contributed by atoms with Gasteiger partial charge in [0.05, 0.1) is 6.26 Å². The number of benzene rings is 1. The van der Waals surface area contributed by atoms with Crippen LogP contribution < -0.4 is 4.74 Å². The van der Waals surface area contributed by atoms with Crippen LogP contribution in [0.2, 0.25) is 0 Å². The summed E-state index contributed by atoms with van der Waals surface area (Å²) in [5, 5.41) is 0. The maximum atomic E-state index is 14.8. The number of rotatable bonds is 9. The Labute approximate surface area is 182 Å². The normalized spacial score (nSPS) is 27.5. The molecule has 2 saturated carbocycles. The molecule has 0 spiro atoms. The van der Waals surface area contributed by atoms with Gasteiger partial charge in [-0.1, -0.05) is 52.0 Å². The molecule has 1 nitrogen and oxygen atoms in total. The topological polar surface area (TPSA) is 9.23 Å². The van der Waals surface area contributed by atoms with Crippen LogP contribution in [0, 0.1) is 29.4 Å². The lowest BCUT2D eigenvalue weighted by molar-refractivity contribution is 0.156. The van der Waals surface area contributed by atoms with E-state index in [4.69, 9.17) is 4.74 Å². The summed E-state index contributed by atoms with van der Waals surface area (Å²) in [6.45, 7) is 4.41. The lowest BCUT2D eigenvalue weighted by Gasteiger charge is -2.38. The van der Waals surface area contributed by atoms with Crippen LogP contribution in [0.15, 0.2) is 24.5 Å². The molecule has 0 aliphatic heterocycles. The van der Waals surface area contributed by atoms with Crippen LogP contribution in [0.3, 0.4) is 0 Å². The smallest absolute Gasteiger partial charge is 0.201 e. The van der Waals surface area contributed by atoms with Crippen molar-refractivity contribution in [3.05, 3.63) is 41.7 Å². The molecule has 3 heteroatoms. The molecule has 0 N–H and O–H groups in total. The van der Waals surface area contributed by atoms with Crippen molar-refractivity contribution in [3.63, 3.8) is 0 Å². The van der Waals surface area contributed by atoms with Crippen LogP contribution >= 0.6 is 0 Å². The van der Waals surface area contributed by atoms with Gasteiger partial charge in [0.1, 0.15) is 0 Å². The lowest BCUT2D eigenvalue weighted by atomic mass is 9.68. The summed E-state index contributed by atoms with van der Waals surface area (Å²) in [4.78, 5) is 0. The molecule has 0 saturated heterocycles. The second kappa shape index (κ2) is 11.9. The molecule has 0 aromatic heterocycles. The van der Waals surface area contributed by atoms with Crippen molar-refractivity contribution >= 4 is 0 Å². The number of hydrogen-bond acceptors (Lipinski definition) is 1. The molecule has 2 fully saturated rings. The highest BCUT2D eigenvalue weighted by Gasteiger charge is 2.32. The van der Waals surface area contributed by atoms with Crippen LogP contribution in [0.4, 0.5) is 8.78 Å². The molecule has 0 heterocycles. The Morgan fingerprint density at radius 1 is 0.867 bits per heavy atom. The fourth-order valence-electron chi connectivity index (χ4n) is 5.72. The molecule has 0 atom stereocenters. The van der Waals surface area contributed by atoms with E-state index in [2.05, 4.69) is 13.8 Å². The van der Waals surface area contributed by atoms with Crippen LogP contribution in [-0.2, 0) is 0 Å². The van der Waals surface area contributed by atoms with Crippen LogP contribution in [0.25, 0.3) is 0 Å². The van der Waals surface area contributed by atoms with Crippen molar-refractivity contribution in [2.24, 2.45) is 17.8 Å². The van der Waals surface area contributed by atoms with Gasteiger partial charge in [-0.15, -0.1) is 0 Å². The highest BCUT2D eigenvalue weighted by Crippen LogP contribution is 2.45. The van der Waals surface area contributed by atoms with Crippen molar-refractivity contribution in [1.29, 1.82) is 0 Å². The predicted molar refractivity (Wildman–Crippen MR) is 121 cm³/mol. The number of allylic oxidation sites excluding steroid dienone is 1. The zero-order valence-corrected chi connectivity index (χ0v) is 19.0. The number of halogens is 2. The van der Waals surface area contributed by atoms with E-state index in [0.29, 0.717) is 5.56 Å². The molecule has 1 aromatic rings. The van der Waals surface area contributed by atoms with E-state index in [1.54, 1.807) is 12.1 Å². The Balaban J connectivity index is 1.51. The van der Waals surface area contributed by atoms with E-state index >= 15 is 0 Å². The Bertz CT molecular complexity index is 668. The van der Waals surface area contributed by atoms with Crippen molar-refractivity contribution < 1.29 is 13.5 Å². The van der Waals surface area contributed by atoms with Gasteiger partial charge in [0.15, 0.2) is 11.6 Å². The van der Waals surface area contributed by atoms with Gasteiger partial charge in [-0.25, -0.2) is 4.39 Å². The molecule has 30 heavy (non-hydrogen) atoms. The van der Waals surface area contributed by atoms with Gasteiger partial charge in [0.25, 0.3) is 0 Å². The van der Waals surface area contributed by atoms with Gasteiger partial charge >= 0.3 is 0 Å². The number of unbranched alkanes of at least 4 members (excludes halogenated alkanes) is 2. The average Bonchev–Trinajstić information content (AvgIpc) is 2.77. The maximum Gasteiger partial charge on any atom is 0.201 e. The minimum absolute atomic E-state index is 0.0125. The summed E-state index contributed by atoms with van der Waals surface area (Å²) in [5.41, 5.74) is 0.542. The fraction of sp³-hybridized carbons (Fsp3) is 0.704. The van der Waals surface area contributed by atoms with Gasteiger partial charge in [-0.2, -0.15) is 4.39 Å². The van der Waals surface area contributed by atoms with Crippen molar-refractivity contribution in [2.75, 3.05) is 0 Å². The molecule has 168 valence electrons. The SMILES string of the molecule is CCCC/C=C/Oc1ccc(C2CCC(C3CCC(CCC)CC3)CC2)c(F)c1F. The Hall–Kier alpha value is -1.38. The van der Waals surface area contributed by atoms with Crippen LogP contribution in [0.5, 0.6) is 5.75 Å². The third-order valence-corrected chi connectivity index (χ3v) is 7.56. The molecular formula is C27H40F2O. The highest BCUT2D eigenvalue weighted by molar-refractivity contribution is 5.33. The first-order chi connectivity index (χ1) is 14.6. The quantitative estimate of drug-likeness (QED) is 0.287. The Morgan fingerprint density at radius 3 is 2.17 bits per heavy atom. The molecular weight excluding hydrogens is 378 g/mol. The molecule has 0 unspecified atom stereocenters. The second-order valence-corrected chi connectivity index (χ2v) is 9.59. The van der Waals surface area contributed by atoms with Gasteiger partial charge in [0.2, 0.25) is 5.82 Å². The van der Waals surface area contributed by atoms with E-state index in [1.165, 1.54) is 44.8 Å².